The third kappa shape index (κ3) is 3.51. The third-order valence-electron chi connectivity index (χ3n) is 3.19. The average molecular weight is 296 g/mol. The highest BCUT2D eigenvalue weighted by atomic mass is 32.2. The first-order chi connectivity index (χ1) is 9.63. The van der Waals surface area contributed by atoms with Crippen LogP contribution in [0.2, 0.25) is 0 Å². The van der Waals surface area contributed by atoms with E-state index in [4.69, 9.17) is 5.84 Å². The molecule has 1 amide bonds. The van der Waals surface area contributed by atoms with Gasteiger partial charge in [-0.15, -0.1) is 0 Å². The number of nitrogens with zero attached hydrogens (tertiary/aromatic N) is 3. The van der Waals surface area contributed by atoms with E-state index in [1.165, 1.54) is 11.8 Å². The van der Waals surface area contributed by atoms with Crippen molar-refractivity contribution in [3.8, 4) is 0 Å². The first-order valence-electron chi connectivity index (χ1n) is 6.59. The molecule has 1 atom stereocenters. The van der Waals surface area contributed by atoms with Crippen LogP contribution in [0.3, 0.4) is 0 Å². The summed E-state index contributed by atoms with van der Waals surface area (Å²) in [7, 11) is 0. The Labute approximate surface area is 122 Å². The Morgan fingerprint density at radius 3 is 2.65 bits per heavy atom. The number of hydrogen-bond donors (Lipinski definition) is 3. The van der Waals surface area contributed by atoms with Gasteiger partial charge in [0.2, 0.25) is 5.91 Å². The van der Waals surface area contributed by atoms with Gasteiger partial charge in [-0.3, -0.25) is 4.79 Å². The number of nitrogen functional groups attached to an aromatic ring is 1. The maximum absolute atomic E-state index is 12.2. The minimum Gasteiger partial charge on any atom is -0.358 e. The van der Waals surface area contributed by atoms with Crippen LogP contribution in [0, 0.1) is 0 Å². The number of likely N-dealkylation sites (tertiary alicyclic amines) is 1. The summed E-state index contributed by atoms with van der Waals surface area (Å²) in [6, 6.07) is 1.37. The van der Waals surface area contributed by atoms with Crippen molar-refractivity contribution in [2.75, 3.05) is 30.1 Å². The Balaban J connectivity index is 2.06. The van der Waals surface area contributed by atoms with Gasteiger partial charge in [0, 0.05) is 19.2 Å². The minimum atomic E-state index is -0.316. The molecule has 0 saturated carbocycles. The molecule has 7 nitrogen and oxygen atoms in total. The van der Waals surface area contributed by atoms with Gasteiger partial charge in [0.05, 0.1) is 0 Å². The summed E-state index contributed by atoms with van der Waals surface area (Å²) in [5.41, 5.74) is 2.50. The fraction of sp³-hybridized carbons (Fsp3) is 0.583. The zero-order valence-corrected chi connectivity index (χ0v) is 12.5. The smallest absolute Gasteiger partial charge is 0.244 e. The Hall–Kier alpha value is -1.54. The van der Waals surface area contributed by atoms with Crippen LogP contribution in [0.5, 0.6) is 0 Å². The van der Waals surface area contributed by atoms with Crippen molar-refractivity contribution in [3.63, 3.8) is 0 Å². The number of hydrogen-bond acceptors (Lipinski definition) is 7. The van der Waals surface area contributed by atoms with Crippen LogP contribution in [0.25, 0.3) is 0 Å². The molecule has 1 aromatic heterocycles. The Bertz CT molecular complexity index is 455. The average Bonchev–Trinajstić information content (AvgIpc) is 3.00. The largest absolute Gasteiger partial charge is 0.358 e. The zero-order chi connectivity index (χ0) is 14.5. The lowest BCUT2D eigenvalue weighted by atomic mass is 10.3. The van der Waals surface area contributed by atoms with Gasteiger partial charge in [0.25, 0.3) is 0 Å². The fourth-order valence-electron chi connectivity index (χ4n) is 2.16. The van der Waals surface area contributed by atoms with E-state index >= 15 is 0 Å². The summed E-state index contributed by atoms with van der Waals surface area (Å²) in [4.78, 5) is 22.6. The summed E-state index contributed by atoms with van der Waals surface area (Å²) in [6.07, 6.45) is 4.06. The van der Waals surface area contributed by atoms with E-state index in [2.05, 4.69) is 20.7 Å². The van der Waals surface area contributed by atoms with Gasteiger partial charge in [0.15, 0.2) is 5.16 Å². The van der Waals surface area contributed by atoms with E-state index in [1.807, 2.05) is 18.1 Å². The number of hydrazine groups is 1. The summed E-state index contributed by atoms with van der Waals surface area (Å²) in [5.74, 6) is 6.60. The predicted molar refractivity (Wildman–Crippen MR) is 80.5 cm³/mol. The lowest BCUT2D eigenvalue weighted by molar-refractivity contribution is -0.130. The lowest BCUT2D eigenvalue weighted by Gasteiger charge is -2.21. The molecule has 1 aliphatic rings. The molecule has 2 rings (SSSR count). The number of carbonyl (C=O) groups is 1. The van der Waals surface area contributed by atoms with Crippen LogP contribution < -0.4 is 16.6 Å². The molecule has 1 aliphatic heterocycles. The van der Waals surface area contributed by atoms with Crippen molar-refractivity contribution in [2.45, 2.75) is 31.0 Å². The number of nitrogens with one attached hydrogen (secondary N) is 2. The quantitative estimate of drug-likeness (QED) is 0.321. The molecule has 8 heteroatoms. The zero-order valence-electron chi connectivity index (χ0n) is 11.7. The van der Waals surface area contributed by atoms with Crippen molar-refractivity contribution >= 4 is 29.3 Å². The van der Waals surface area contributed by atoms with Crippen molar-refractivity contribution in [1.29, 1.82) is 0 Å². The van der Waals surface area contributed by atoms with Crippen LogP contribution in [0.1, 0.15) is 19.8 Å². The number of anilines is 2. The van der Waals surface area contributed by atoms with Crippen LogP contribution in [-0.2, 0) is 4.79 Å². The van der Waals surface area contributed by atoms with Gasteiger partial charge in [-0.2, -0.15) is 0 Å². The first-order valence-corrected chi connectivity index (χ1v) is 7.81. The van der Waals surface area contributed by atoms with Gasteiger partial charge in [-0.25, -0.2) is 15.8 Å². The van der Waals surface area contributed by atoms with Crippen LogP contribution in [0.4, 0.5) is 11.6 Å². The number of rotatable bonds is 5. The highest BCUT2D eigenvalue weighted by molar-refractivity contribution is 7.98. The third-order valence-corrected chi connectivity index (χ3v) is 3.74. The van der Waals surface area contributed by atoms with Crippen LogP contribution in [0.15, 0.2) is 11.2 Å². The number of thioether (sulfide) groups is 1. The van der Waals surface area contributed by atoms with Crippen LogP contribution in [-0.4, -0.2) is 46.2 Å². The number of aromatic nitrogens is 2. The van der Waals surface area contributed by atoms with Gasteiger partial charge < -0.3 is 15.6 Å². The molecular weight excluding hydrogens is 276 g/mol. The summed E-state index contributed by atoms with van der Waals surface area (Å²) >= 11 is 1.42. The maximum Gasteiger partial charge on any atom is 0.244 e. The van der Waals surface area contributed by atoms with E-state index in [9.17, 15) is 4.79 Å². The van der Waals surface area contributed by atoms with Gasteiger partial charge in [-0.1, -0.05) is 11.8 Å². The minimum absolute atomic E-state index is 0.106. The Morgan fingerprint density at radius 2 is 2.05 bits per heavy atom. The number of amides is 1. The normalized spacial score (nSPS) is 16.1. The molecule has 0 aromatic carbocycles. The molecule has 2 heterocycles. The summed E-state index contributed by atoms with van der Waals surface area (Å²) < 4.78 is 0. The summed E-state index contributed by atoms with van der Waals surface area (Å²) in [5, 5.41) is 3.72. The second-order valence-corrected chi connectivity index (χ2v) is 5.44. The molecule has 110 valence electrons. The van der Waals surface area contributed by atoms with Crippen molar-refractivity contribution in [2.24, 2.45) is 5.84 Å². The predicted octanol–water partition coefficient (Wildman–Crippen LogP) is 0.907. The SMILES string of the molecule is CSc1nc(NN)cc(NC(C)C(=O)N2CCCC2)n1. The van der Waals surface area contributed by atoms with Crippen LogP contribution >= 0.6 is 11.8 Å². The Kier molecular flexibility index (Phi) is 5.02. The van der Waals surface area contributed by atoms with E-state index < -0.39 is 0 Å². The maximum atomic E-state index is 12.2. The molecular formula is C12H20N6OS. The van der Waals surface area contributed by atoms with E-state index in [-0.39, 0.29) is 11.9 Å². The van der Waals surface area contributed by atoms with Gasteiger partial charge >= 0.3 is 0 Å². The van der Waals surface area contributed by atoms with Gasteiger partial charge in [-0.05, 0) is 26.0 Å². The van der Waals surface area contributed by atoms with Crippen molar-refractivity contribution in [3.05, 3.63) is 6.07 Å². The second kappa shape index (κ2) is 6.76. The fourth-order valence-corrected chi connectivity index (χ4v) is 2.54. The van der Waals surface area contributed by atoms with Crippen molar-refractivity contribution < 1.29 is 4.79 Å². The molecule has 1 unspecified atom stereocenters. The first kappa shape index (κ1) is 14.9. The molecule has 1 fully saturated rings. The Morgan fingerprint density at radius 1 is 1.40 bits per heavy atom. The molecule has 20 heavy (non-hydrogen) atoms. The summed E-state index contributed by atoms with van der Waals surface area (Å²) in [6.45, 7) is 3.54. The highest BCUT2D eigenvalue weighted by Crippen LogP contribution is 2.18. The number of carbonyl (C=O) groups excluding carboxylic acids is 1. The van der Waals surface area contributed by atoms with Crippen molar-refractivity contribution in [1.82, 2.24) is 14.9 Å². The molecule has 1 saturated heterocycles. The molecule has 4 N–H and O–H groups in total. The molecule has 0 spiro atoms. The van der Waals surface area contributed by atoms with Gasteiger partial charge in [0.1, 0.15) is 17.7 Å². The highest BCUT2D eigenvalue weighted by Gasteiger charge is 2.23. The van der Waals surface area contributed by atoms with E-state index in [1.54, 1.807) is 6.07 Å². The lowest BCUT2D eigenvalue weighted by Crippen LogP contribution is -2.39. The van der Waals surface area contributed by atoms with E-state index in [0.29, 0.717) is 16.8 Å². The topological polar surface area (TPSA) is 96.2 Å². The monoisotopic (exact) mass is 296 g/mol. The second-order valence-electron chi connectivity index (χ2n) is 4.67. The molecule has 0 radical (unpaired) electrons. The van der Waals surface area contributed by atoms with E-state index in [0.717, 1.165) is 25.9 Å². The molecule has 0 aliphatic carbocycles. The standard InChI is InChI=1S/C12H20N6OS/c1-8(11(19)18-5-3-4-6-18)14-9-7-10(17-13)16-12(15-9)20-2/h7-8H,3-6,13H2,1-2H3,(H2,14,15,16,17). The molecule has 1 aromatic rings. The number of nitrogens with two attached hydrogens (primary N) is 1. The molecule has 0 bridgehead atoms.